The van der Waals surface area contributed by atoms with Crippen LogP contribution in [-0.2, 0) is 6.42 Å². The second kappa shape index (κ2) is 10.3. The molecule has 0 radical (unpaired) electrons. The number of rotatable bonds is 6. The minimum atomic E-state index is -0.316. The van der Waals surface area contributed by atoms with Crippen LogP contribution in [0.25, 0.3) is 11.8 Å². The summed E-state index contributed by atoms with van der Waals surface area (Å²) in [5.41, 5.74) is 6.00. The highest BCUT2D eigenvalue weighted by atomic mass is 35.5. The maximum absolute atomic E-state index is 13.5. The molecule has 4 aromatic rings. The molecule has 2 N–H and O–H groups in total. The molecule has 2 aliphatic rings. The summed E-state index contributed by atoms with van der Waals surface area (Å²) in [4.78, 5) is 17.1. The van der Waals surface area contributed by atoms with Gasteiger partial charge in [0.05, 0.1) is 29.3 Å². The van der Waals surface area contributed by atoms with Gasteiger partial charge in [0, 0.05) is 6.20 Å². The van der Waals surface area contributed by atoms with E-state index in [0.717, 1.165) is 42.6 Å². The molecule has 0 aliphatic heterocycles. The molecule has 1 fully saturated rings. The molecule has 0 bridgehead atoms. The summed E-state index contributed by atoms with van der Waals surface area (Å²) in [6.45, 7) is 2.34. The Morgan fingerprint density at radius 3 is 2.72 bits per heavy atom. The molecule has 2 aromatic heterocycles. The smallest absolute Gasteiger partial charge is 0.319 e. The lowest BCUT2D eigenvalue weighted by atomic mass is 9.68. The first-order valence-corrected chi connectivity index (χ1v) is 13.6. The number of hydrogen-bond acceptors (Lipinski definition) is 3. The maximum Gasteiger partial charge on any atom is 0.319 e. The Morgan fingerprint density at radius 2 is 1.95 bits per heavy atom. The van der Waals surface area contributed by atoms with Crippen LogP contribution >= 0.6 is 11.6 Å². The average molecular weight is 542 g/mol. The van der Waals surface area contributed by atoms with E-state index in [1.807, 2.05) is 29.1 Å². The first-order chi connectivity index (χ1) is 18.9. The van der Waals surface area contributed by atoms with Crippen molar-refractivity contribution in [1.29, 1.82) is 0 Å². The second-order valence-electron chi connectivity index (χ2n) is 10.6. The van der Waals surface area contributed by atoms with E-state index in [-0.39, 0.29) is 28.5 Å². The largest absolute Gasteiger partial charge is 0.331 e. The van der Waals surface area contributed by atoms with Gasteiger partial charge in [-0.3, -0.25) is 0 Å². The minimum Gasteiger partial charge on any atom is -0.331 e. The number of nitrogens with one attached hydrogen (secondary N) is 2. The Morgan fingerprint density at radius 1 is 1.15 bits per heavy atom. The van der Waals surface area contributed by atoms with E-state index in [2.05, 4.69) is 45.8 Å². The molecule has 8 heteroatoms. The molecule has 6 rings (SSSR count). The van der Waals surface area contributed by atoms with Crippen molar-refractivity contribution in [1.82, 2.24) is 20.1 Å². The van der Waals surface area contributed by atoms with Crippen LogP contribution in [0.5, 0.6) is 0 Å². The number of amides is 2. The van der Waals surface area contributed by atoms with Gasteiger partial charge in [-0.1, -0.05) is 54.4 Å². The maximum atomic E-state index is 13.5. The third-order valence-corrected chi connectivity index (χ3v) is 8.56. The van der Waals surface area contributed by atoms with Crippen molar-refractivity contribution in [2.24, 2.45) is 11.3 Å². The van der Waals surface area contributed by atoms with Crippen molar-refractivity contribution in [3.8, 4) is 5.69 Å². The van der Waals surface area contributed by atoms with Gasteiger partial charge in [-0.15, -0.1) is 0 Å². The lowest BCUT2D eigenvalue weighted by Gasteiger charge is -2.37. The molecule has 3 unspecified atom stereocenters. The topological polar surface area (TPSA) is 71.8 Å². The number of benzene rings is 2. The first kappa shape index (κ1) is 25.3. The van der Waals surface area contributed by atoms with Gasteiger partial charge in [0.1, 0.15) is 5.82 Å². The zero-order valence-corrected chi connectivity index (χ0v) is 22.3. The van der Waals surface area contributed by atoms with Gasteiger partial charge in [0.2, 0.25) is 0 Å². The zero-order valence-electron chi connectivity index (χ0n) is 21.6. The second-order valence-corrected chi connectivity index (χ2v) is 10.9. The Bertz CT molecular complexity index is 1530. The quantitative estimate of drug-likeness (QED) is 0.250. The Hall–Kier alpha value is -3.97. The van der Waals surface area contributed by atoms with Crippen molar-refractivity contribution in [3.05, 3.63) is 112 Å². The molecule has 2 amide bonds. The predicted molar refractivity (Wildman–Crippen MR) is 151 cm³/mol. The van der Waals surface area contributed by atoms with Gasteiger partial charge in [-0.05, 0) is 90.6 Å². The minimum absolute atomic E-state index is 0.0402. The number of fused-ring (bicyclic) bond motifs is 2. The number of pyridine rings is 1. The number of anilines is 1. The third-order valence-electron chi connectivity index (χ3n) is 8.26. The fourth-order valence-electron chi connectivity index (χ4n) is 6.14. The van der Waals surface area contributed by atoms with Crippen LogP contribution in [0.4, 0.5) is 14.9 Å². The summed E-state index contributed by atoms with van der Waals surface area (Å²) in [6, 6.07) is 19.5. The Labute approximate surface area is 231 Å². The fraction of sp³-hybridized carbons (Fsp3) is 0.258. The molecule has 3 atom stereocenters. The van der Waals surface area contributed by atoms with E-state index >= 15 is 0 Å². The van der Waals surface area contributed by atoms with Crippen molar-refractivity contribution >= 4 is 29.4 Å². The highest BCUT2D eigenvalue weighted by molar-refractivity contribution is 6.32. The molecule has 2 aromatic carbocycles. The number of aromatic nitrogens is 3. The summed E-state index contributed by atoms with van der Waals surface area (Å²) in [6.07, 6.45) is 9.50. The number of hydrogen-bond donors (Lipinski definition) is 2. The summed E-state index contributed by atoms with van der Waals surface area (Å²) >= 11 is 6.16. The third kappa shape index (κ3) is 4.94. The SMILES string of the molecule is CC12Cc3cnn(-c4ccc(F)cc4)c3C=C1CCC2CC(NC(=O)Nc1cccnc1Cl)c1ccccc1. The normalized spacial score (nSPS) is 20.5. The van der Waals surface area contributed by atoms with Gasteiger partial charge in [-0.2, -0.15) is 5.10 Å². The van der Waals surface area contributed by atoms with Crippen LogP contribution in [-0.4, -0.2) is 20.8 Å². The molecule has 2 heterocycles. The van der Waals surface area contributed by atoms with E-state index in [0.29, 0.717) is 11.6 Å². The number of urea groups is 1. The van der Waals surface area contributed by atoms with Gasteiger partial charge < -0.3 is 10.6 Å². The van der Waals surface area contributed by atoms with Crippen molar-refractivity contribution in [2.75, 3.05) is 5.32 Å². The molecule has 1 saturated carbocycles. The van der Waals surface area contributed by atoms with E-state index in [1.165, 1.54) is 23.3 Å². The number of nitrogens with zero attached hydrogens (tertiary/aromatic N) is 3. The lowest BCUT2D eigenvalue weighted by Crippen LogP contribution is -2.36. The molecular formula is C31H29ClFN5O. The van der Waals surface area contributed by atoms with E-state index < -0.39 is 0 Å². The van der Waals surface area contributed by atoms with Crippen molar-refractivity contribution in [3.63, 3.8) is 0 Å². The molecule has 0 spiro atoms. The number of halogens is 2. The van der Waals surface area contributed by atoms with E-state index in [1.54, 1.807) is 30.5 Å². The van der Waals surface area contributed by atoms with Crippen LogP contribution in [0.3, 0.4) is 0 Å². The molecule has 0 saturated heterocycles. The summed E-state index contributed by atoms with van der Waals surface area (Å²) in [7, 11) is 0. The van der Waals surface area contributed by atoms with E-state index in [4.69, 9.17) is 11.6 Å². The van der Waals surface area contributed by atoms with E-state index in [9.17, 15) is 9.18 Å². The highest BCUT2D eigenvalue weighted by Crippen LogP contribution is 2.55. The Kier molecular flexibility index (Phi) is 6.69. The standard InChI is InChI=1S/C31H29ClFN5O/c1-31-18-21-19-35-38(25-13-11-24(33)12-14-25)28(21)17-23(31)10-9-22(31)16-27(20-6-3-2-4-7-20)37-30(39)36-26-8-5-15-34-29(26)32/h2-8,11-15,17,19,22,27H,9-10,16,18H2,1H3,(H2,36,37,39). The van der Waals surface area contributed by atoms with Crippen molar-refractivity contribution in [2.45, 2.75) is 38.6 Å². The molecule has 6 nitrogen and oxygen atoms in total. The summed E-state index contributed by atoms with van der Waals surface area (Å²) in [5, 5.41) is 10.9. The predicted octanol–water partition coefficient (Wildman–Crippen LogP) is 7.37. The van der Waals surface area contributed by atoms with Gasteiger partial charge in [-0.25, -0.2) is 18.9 Å². The van der Waals surface area contributed by atoms with Crippen LogP contribution < -0.4 is 10.6 Å². The van der Waals surface area contributed by atoms with Crippen molar-refractivity contribution < 1.29 is 9.18 Å². The van der Waals surface area contributed by atoms with Crippen LogP contribution in [0.1, 0.15) is 49.0 Å². The first-order valence-electron chi connectivity index (χ1n) is 13.2. The van der Waals surface area contributed by atoms with Gasteiger partial charge in [0.25, 0.3) is 0 Å². The molecular weight excluding hydrogens is 513 g/mol. The lowest BCUT2D eigenvalue weighted by molar-refractivity contribution is 0.222. The zero-order chi connectivity index (χ0) is 27.0. The molecule has 39 heavy (non-hydrogen) atoms. The summed E-state index contributed by atoms with van der Waals surface area (Å²) in [5.74, 6) is 0.0988. The summed E-state index contributed by atoms with van der Waals surface area (Å²) < 4.78 is 15.4. The van der Waals surface area contributed by atoms with Gasteiger partial charge >= 0.3 is 6.03 Å². The Balaban J connectivity index is 1.24. The molecule has 198 valence electrons. The average Bonchev–Trinajstić information content (AvgIpc) is 3.48. The van der Waals surface area contributed by atoms with Gasteiger partial charge in [0.15, 0.2) is 5.15 Å². The number of carbonyl (C=O) groups is 1. The molecule has 2 aliphatic carbocycles. The van der Waals surface area contributed by atoms with Crippen LogP contribution in [0.2, 0.25) is 5.15 Å². The fourth-order valence-corrected chi connectivity index (χ4v) is 6.31. The monoisotopic (exact) mass is 541 g/mol. The number of allylic oxidation sites excluding steroid dienone is 1. The highest BCUT2D eigenvalue weighted by Gasteiger charge is 2.46. The van der Waals surface area contributed by atoms with Crippen LogP contribution in [0.15, 0.2) is 84.7 Å². The van der Waals surface area contributed by atoms with Crippen LogP contribution in [0, 0.1) is 17.2 Å². The number of carbonyl (C=O) groups excluding carboxylic acids is 1.